The Kier molecular flexibility index (Phi) is 16.2. The van der Waals surface area contributed by atoms with Crippen LogP contribution >= 0.6 is 0 Å². The van der Waals surface area contributed by atoms with Crippen molar-refractivity contribution in [3.8, 4) is 16.9 Å². The zero-order valence-electron chi connectivity index (χ0n) is 32.9. The molecule has 0 spiro atoms. The highest BCUT2D eigenvalue weighted by molar-refractivity contribution is 5.86. The van der Waals surface area contributed by atoms with Crippen LogP contribution in [0.1, 0.15) is 60.8 Å². The number of allylic oxidation sites excluding steroid dienone is 2. The van der Waals surface area contributed by atoms with Gasteiger partial charge >= 0.3 is 12.1 Å². The Morgan fingerprint density at radius 2 is 1.43 bits per heavy atom. The van der Waals surface area contributed by atoms with E-state index in [4.69, 9.17) is 14.2 Å². The number of benzene rings is 4. The van der Waals surface area contributed by atoms with Crippen molar-refractivity contribution in [3.05, 3.63) is 151 Å². The number of fused-ring (bicyclic) bond motifs is 3. The number of nitrogens with one attached hydrogen (secondary N) is 3. The number of aliphatic hydroxyl groups is 1. The van der Waals surface area contributed by atoms with Gasteiger partial charge in [-0.05, 0) is 78.1 Å². The smallest absolute Gasteiger partial charge is 0.407 e. The van der Waals surface area contributed by atoms with Crippen LogP contribution in [0, 0.1) is 5.92 Å². The van der Waals surface area contributed by atoms with E-state index in [1.807, 2.05) is 91.0 Å². The first-order valence-electron chi connectivity index (χ1n) is 19.6. The van der Waals surface area contributed by atoms with E-state index < -0.39 is 42.0 Å². The van der Waals surface area contributed by atoms with Crippen molar-refractivity contribution in [2.45, 2.75) is 69.7 Å². The summed E-state index contributed by atoms with van der Waals surface area (Å²) in [5.41, 5.74) is 6.20. The predicted octanol–water partition coefficient (Wildman–Crippen LogP) is 6.79. The topological polar surface area (TPSA) is 152 Å². The molecule has 4 aromatic rings. The number of ether oxygens (including phenoxy) is 3. The quantitative estimate of drug-likeness (QED) is 0.0502. The standard InChI is InChI=1S/C47H53N3O8/c1-4-6-21-43(50-47(55)58-31-42-40-19-12-10-17-38(40)39-18-11-13-20-41(39)42)46(54)57-30-36(49-45(53)35(14-5-2)27-44(52)48-32(3)28-51)26-33-22-24-37(25-23-33)56-29-34-15-8-7-9-16-34/h4-5,7-13,15-20,22-25,32,35-36,42-43,51H,1-2,6,14,21,26-31H2,3H3,(H,48,52)(H,49,53)(H,50,55). The highest BCUT2D eigenvalue weighted by Crippen LogP contribution is 2.44. The molecule has 0 saturated carbocycles. The lowest BCUT2D eigenvalue weighted by atomic mass is 9.98. The molecule has 4 N–H and O–H groups in total. The summed E-state index contributed by atoms with van der Waals surface area (Å²) in [5.74, 6) is -1.75. The molecule has 11 nitrogen and oxygen atoms in total. The van der Waals surface area contributed by atoms with Crippen molar-refractivity contribution < 1.29 is 38.5 Å². The lowest BCUT2D eigenvalue weighted by Gasteiger charge is -2.24. The lowest BCUT2D eigenvalue weighted by molar-refractivity contribution is -0.147. The number of hydrogen-bond acceptors (Lipinski definition) is 8. The third-order valence-electron chi connectivity index (χ3n) is 9.94. The Morgan fingerprint density at radius 1 is 0.776 bits per heavy atom. The number of alkyl carbamates (subject to hydrolysis) is 1. The molecule has 4 unspecified atom stereocenters. The van der Waals surface area contributed by atoms with Crippen LogP contribution in [0.25, 0.3) is 11.1 Å². The summed E-state index contributed by atoms with van der Waals surface area (Å²) in [6, 6.07) is 31.0. The minimum atomic E-state index is -1.04. The van der Waals surface area contributed by atoms with E-state index >= 15 is 0 Å². The van der Waals surface area contributed by atoms with Crippen LogP contribution in [0.15, 0.2) is 128 Å². The van der Waals surface area contributed by atoms with E-state index in [2.05, 4.69) is 41.2 Å². The van der Waals surface area contributed by atoms with Crippen LogP contribution < -0.4 is 20.7 Å². The zero-order valence-corrected chi connectivity index (χ0v) is 32.9. The fraction of sp³-hybridized carbons (Fsp3) is 0.319. The van der Waals surface area contributed by atoms with Crippen molar-refractivity contribution >= 4 is 23.9 Å². The SMILES string of the molecule is C=CCCC(NC(=O)OCC1c2ccccc2-c2ccccc21)C(=O)OCC(Cc1ccc(OCc2ccccc2)cc1)NC(=O)C(CC=C)CC(=O)NC(C)CO. The third-order valence-corrected chi connectivity index (χ3v) is 9.94. The molecule has 0 aromatic heterocycles. The fourth-order valence-electron chi connectivity index (χ4n) is 6.90. The van der Waals surface area contributed by atoms with E-state index in [0.717, 1.165) is 33.4 Å². The molecule has 5 rings (SSSR count). The molecule has 4 atom stereocenters. The summed E-state index contributed by atoms with van der Waals surface area (Å²) in [7, 11) is 0. The van der Waals surface area contributed by atoms with E-state index in [-0.39, 0.29) is 57.3 Å². The zero-order chi connectivity index (χ0) is 41.3. The van der Waals surface area contributed by atoms with Crippen LogP contribution in [-0.2, 0) is 36.9 Å². The van der Waals surface area contributed by atoms with Gasteiger partial charge in [0.1, 0.15) is 31.6 Å². The number of aliphatic hydroxyl groups excluding tert-OH is 1. The van der Waals surface area contributed by atoms with Crippen LogP contribution in [0.4, 0.5) is 4.79 Å². The molecular formula is C47H53N3O8. The van der Waals surface area contributed by atoms with Crippen molar-refractivity contribution in [1.29, 1.82) is 0 Å². The second-order valence-corrected chi connectivity index (χ2v) is 14.4. The lowest BCUT2D eigenvalue weighted by Crippen LogP contribution is -2.47. The monoisotopic (exact) mass is 787 g/mol. The maximum absolute atomic E-state index is 13.7. The van der Waals surface area contributed by atoms with Gasteiger partial charge in [0.15, 0.2) is 0 Å². The van der Waals surface area contributed by atoms with Crippen LogP contribution in [0.5, 0.6) is 5.75 Å². The Labute approximate surface area is 340 Å². The van der Waals surface area contributed by atoms with E-state index in [1.54, 1.807) is 19.1 Å². The molecule has 4 aromatic carbocycles. The Hall–Kier alpha value is -6.20. The average molecular weight is 788 g/mol. The summed E-state index contributed by atoms with van der Waals surface area (Å²) in [4.78, 5) is 53.2. The van der Waals surface area contributed by atoms with Crippen molar-refractivity contribution in [2.75, 3.05) is 19.8 Å². The molecule has 0 heterocycles. The molecule has 58 heavy (non-hydrogen) atoms. The Morgan fingerprint density at radius 3 is 2.07 bits per heavy atom. The minimum Gasteiger partial charge on any atom is -0.489 e. The molecule has 304 valence electrons. The molecular weight excluding hydrogens is 735 g/mol. The molecule has 0 fully saturated rings. The number of rotatable bonds is 22. The highest BCUT2D eigenvalue weighted by atomic mass is 16.6. The van der Waals surface area contributed by atoms with Crippen LogP contribution in [0.3, 0.4) is 0 Å². The van der Waals surface area contributed by atoms with Crippen LogP contribution in [-0.4, -0.2) is 66.9 Å². The van der Waals surface area contributed by atoms with Gasteiger partial charge in [0.2, 0.25) is 11.8 Å². The molecule has 3 amide bonds. The van der Waals surface area contributed by atoms with Gasteiger partial charge in [0, 0.05) is 18.4 Å². The van der Waals surface area contributed by atoms with Crippen molar-refractivity contribution in [3.63, 3.8) is 0 Å². The normalized spacial score (nSPS) is 13.7. The number of hydrogen-bond donors (Lipinski definition) is 4. The summed E-state index contributed by atoms with van der Waals surface area (Å²) >= 11 is 0. The average Bonchev–Trinajstić information content (AvgIpc) is 3.56. The van der Waals surface area contributed by atoms with E-state index in [1.165, 1.54) is 0 Å². The van der Waals surface area contributed by atoms with Gasteiger partial charge in [0.05, 0.1) is 18.6 Å². The first kappa shape index (κ1) is 42.9. The highest BCUT2D eigenvalue weighted by Gasteiger charge is 2.31. The molecule has 0 bridgehead atoms. The molecule has 0 aliphatic heterocycles. The molecule has 0 saturated heterocycles. The van der Waals surface area contributed by atoms with Gasteiger partial charge in [-0.2, -0.15) is 0 Å². The second-order valence-electron chi connectivity index (χ2n) is 14.4. The number of esters is 1. The minimum absolute atomic E-state index is 0.0795. The molecule has 1 aliphatic rings. The van der Waals surface area contributed by atoms with E-state index in [0.29, 0.717) is 18.8 Å². The summed E-state index contributed by atoms with van der Waals surface area (Å²) in [6.07, 6.45) is 3.47. The largest absolute Gasteiger partial charge is 0.489 e. The molecule has 11 heteroatoms. The molecule has 0 radical (unpaired) electrons. The van der Waals surface area contributed by atoms with Gasteiger partial charge in [-0.15, -0.1) is 13.2 Å². The van der Waals surface area contributed by atoms with E-state index in [9.17, 15) is 24.3 Å². The fourth-order valence-corrected chi connectivity index (χ4v) is 6.90. The summed E-state index contributed by atoms with van der Waals surface area (Å²) in [5, 5.41) is 17.7. The van der Waals surface area contributed by atoms with Crippen molar-refractivity contribution in [2.24, 2.45) is 5.92 Å². The summed E-state index contributed by atoms with van der Waals surface area (Å²) < 4.78 is 17.5. The van der Waals surface area contributed by atoms with Gasteiger partial charge in [-0.25, -0.2) is 9.59 Å². The maximum atomic E-state index is 13.7. The maximum Gasteiger partial charge on any atom is 0.407 e. The first-order valence-corrected chi connectivity index (χ1v) is 19.6. The van der Waals surface area contributed by atoms with Gasteiger partial charge in [0.25, 0.3) is 0 Å². The van der Waals surface area contributed by atoms with Gasteiger partial charge in [-0.1, -0.05) is 103 Å². The Balaban J connectivity index is 1.24. The first-order chi connectivity index (χ1) is 28.2. The van der Waals surface area contributed by atoms with Crippen molar-refractivity contribution in [1.82, 2.24) is 16.0 Å². The Bertz CT molecular complexity index is 1960. The number of carbonyl (C=O) groups excluding carboxylic acids is 4. The summed E-state index contributed by atoms with van der Waals surface area (Å²) in [6.45, 7) is 9.20. The van der Waals surface area contributed by atoms with Gasteiger partial charge < -0.3 is 35.3 Å². The second kappa shape index (κ2) is 21.9. The predicted molar refractivity (Wildman–Crippen MR) is 223 cm³/mol. The van der Waals surface area contributed by atoms with Gasteiger partial charge in [-0.3, -0.25) is 9.59 Å². The third kappa shape index (κ3) is 12.4. The molecule has 1 aliphatic carbocycles. The number of amides is 3. The van der Waals surface area contributed by atoms with Crippen LogP contribution in [0.2, 0.25) is 0 Å². The number of carbonyl (C=O) groups is 4.